The summed E-state index contributed by atoms with van der Waals surface area (Å²) in [5.41, 5.74) is 0.741. The van der Waals surface area contributed by atoms with Gasteiger partial charge in [0.1, 0.15) is 5.82 Å². The highest BCUT2D eigenvalue weighted by Crippen LogP contribution is 2.19. The predicted molar refractivity (Wildman–Crippen MR) is 79.9 cm³/mol. The molecular formula is C14H21FN2O3S. The molecule has 1 amide bonds. The molecule has 1 aromatic carbocycles. The average molecular weight is 316 g/mol. The maximum absolute atomic E-state index is 13.1. The standard InChI is InChI=1S/C14H21FN2O3S/c1-3-17-21(19,20)8-7-16-14(18)9-11(2)12-5-4-6-13(15)10-12/h4-6,10-11,17H,3,7-9H2,1-2H3,(H,16,18). The number of hydrogen-bond acceptors (Lipinski definition) is 3. The fourth-order valence-electron chi connectivity index (χ4n) is 1.90. The molecule has 0 radical (unpaired) electrons. The number of halogens is 1. The lowest BCUT2D eigenvalue weighted by atomic mass is 9.97. The highest BCUT2D eigenvalue weighted by atomic mass is 32.2. The number of benzene rings is 1. The van der Waals surface area contributed by atoms with Crippen molar-refractivity contribution in [2.24, 2.45) is 0 Å². The third kappa shape index (κ3) is 6.68. The molecular weight excluding hydrogens is 295 g/mol. The molecule has 0 aromatic heterocycles. The van der Waals surface area contributed by atoms with E-state index in [1.165, 1.54) is 12.1 Å². The monoisotopic (exact) mass is 316 g/mol. The minimum Gasteiger partial charge on any atom is -0.355 e. The first-order chi connectivity index (χ1) is 9.84. The summed E-state index contributed by atoms with van der Waals surface area (Å²) in [4.78, 5) is 11.7. The van der Waals surface area contributed by atoms with E-state index in [1.54, 1.807) is 19.1 Å². The number of carbonyl (C=O) groups excluding carboxylic acids is 1. The largest absolute Gasteiger partial charge is 0.355 e. The minimum atomic E-state index is -3.33. The van der Waals surface area contributed by atoms with Crippen molar-refractivity contribution in [2.75, 3.05) is 18.8 Å². The van der Waals surface area contributed by atoms with Gasteiger partial charge in [-0.05, 0) is 23.6 Å². The molecule has 1 aromatic rings. The number of carbonyl (C=O) groups is 1. The van der Waals surface area contributed by atoms with Crippen molar-refractivity contribution in [3.63, 3.8) is 0 Å². The van der Waals surface area contributed by atoms with E-state index in [4.69, 9.17) is 0 Å². The molecule has 0 bridgehead atoms. The Kier molecular flexibility index (Phi) is 6.77. The van der Waals surface area contributed by atoms with E-state index in [2.05, 4.69) is 10.0 Å². The summed E-state index contributed by atoms with van der Waals surface area (Å²) in [6, 6.07) is 6.11. The smallest absolute Gasteiger partial charge is 0.220 e. The van der Waals surface area contributed by atoms with E-state index in [-0.39, 0.29) is 36.4 Å². The Morgan fingerprint density at radius 2 is 2.10 bits per heavy atom. The van der Waals surface area contributed by atoms with Crippen LogP contribution < -0.4 is 10.0 Å². The lowest BCUT2D eigenvalue weighted by Crippen LogP contribution is -2.34. The summed E-state index contributed by atoms with van der Waals surface area (Å²) >= 11 is 0. The number of sulfonamides is 1. The van der Waals surface area contributed by atoms with Gasteiger partial charge in [-0.15, -0.1) is 0 Å². The summed E-state index contributed by atoms with van der Waals surface area (Å²) in [7, 11) is -3.33. The van der Waals surface area contributed by atoms with Gasteiger partial charge in [-0.25, -0.2) is 17.5 Å². The minimum absolute atomic E-state index is 0.0596. The average Bonchev–Trinajstić information content (AvgIpc) is 2.38. The highest BCUT2D eigenvalue weighted by molar-refractivity contribution is 7.89. The Bertz CT molecular complexity index is 575. The molecule has 21 heavy (non-hydrogen) atoms. The molecule has 0 aliphatic heterocycles. The van der Waals surface area contributed by atoms with Crippen molar-refractivity contribution < 1.29 is 17.6 Å². The summed E-state index contributed by atoms with van der Waals surface area (Å²) in [5.74, 6) is -0.873. The van der Waals surface area contributed by atoms with Crippen LogP contribution in [0.2, 0.25) is 0 Å². The first kappa shape index (κ1) is 17.6. The van der Waals surface area contributed by atoms with Crippen molar-refractivity contribution in [1.82, 2.24) is 10.0 Å². The second-order valence-electron chi connectivity index (χ2n) is 4.83. The van der Waals surface area contributed by atoms with Gasteiger partial charge in [0.05, 0.1) is 5.75 Å². The van der Waals surface area contributed by atoms with Crippen LogP contribution >= 0.6 is 0 Å². The van der Waals surface area contributed by atoms with Crippen molar-refractivity contribution in [3.8, 4) is 0 Å². The van der Waals surface area contributed by atoms with E-state index in [9.17, 15) is 17.6 Å². The van der Waals surface area contributed by atoms with E-state index in [0.717, 1.165) is 5.56 Å². The van der Waals surface area contributed by atoms with Crippen molar-refractivity contribution in [2.45, 2.75) is 26.2 Å². The SMILES string of the molecule is CCNS(=O)(=O)CCNC(=O)CC(C)c1cccc(F)c1. The van der Waals surface area contributed by atoms with Gasteiger partial charge < -0.3 is 5.32 Å². The van der Waals surface area contributed by atoms with E-state index in [0.29, 0.717) is 6.54 Å². The molecule has 0 heterocycles. The molecule has 7 heteroatoms. The fourth-order valence-corrected chi connectivity index (χ4v) is 2.85. The molecule has 5 nitrogen and oxygen atoms in total. The van der Waals surface area contributed by atoms with Crippen LogP contribution in [-0.4, -0.2) is 33.2 Å². The predicted octanol–water partition coefficient (Wildman–Crippen LogP) is 1.37. The third-order valence-corrected chi connectivity index (χ3v) is 4.44. The van der Waals surface area contributed by atoms with Crippen LogP contribution in [0.3, 0.4) is 0 Å². The van der Waals surface area contributed by atoms with Gasteiger partial charge in [0.15, 0.2) is 0 Å². The van der Waals surface area contributed by atoms with Crippen LogP contribution in [0.15, 0.2) is 24.3 Å². The van der Waals surface area contributed by atoms with E-state index < -0.39 is 10.0 Å². The van der Waals surface area contributed by atoms with Gasteiger partial charge in [0.25, 0.3) is 0 Å². The first-order valence-corrected chi connectivity index (χ1v) is 8.48. The fraction of sp³-hybridized carbons (Fsp3) is 0.500. The van der Waals surface area contributed by atoms with Gasteiger partial charge in [0.2, 0.25) is 15.9 Å². The van der Waals surface area contributed by atoms with Crippen LogP contribution in [0.5, 0.6) is 0 Å². The number of hydrogen-bond donors (Lipinski definition) is 2. The Labute approximate surface area is 125 Å². The quantitative estimate of drug-likeness (QED) is 0.761. The summed E-state index contributed by atoms with van der Waals surface area (Å²) in [6.45, 7) is 3.90. The zero-order valence-corrected chi connectivity index (χ0v) is 13.0. The van der Waals surface area contributed by atoms with E-state index in [1.807, 2.05) is 6.92 Å². The van der Waals surface area contributed by atoms with Crippen molar-refractivity contribution in [1.29, 1.82) is 0 Å². The molecule has 1 unspecified atom stereocenters. The first-order valence-electron chi connectivity index (χ1n) is 6.83. The molecule has 0 aliphatic rings. The van der Waals surface area contributed by atoms with Crippen LogP contribution in [0.25, 0.3) is 0 Å². The Balaban J connectivity index is 2.40. The molecule has 0 spiro atoms. The second-order valence-corrected chi connectivity index (χ2v) is 6.75. The Morgan fingerprint density at radius 1 is 1.38 bits per heavy atom. The third-order valence-electron chi connectivity index (χ3n) is 2.97. The van der Waals surface area contributed by atoms with Crippen LogP contribution in [0, 0.1) is 5.82 Å². The van der Waals surface area contributed by atoms with Gasteiger partial charge in [0, 0.05) is 19.5 Å². The highest BCUT2D eigenvalue weighted by Gasteiger charge is 2.13. The van der Waals surface area contributed by atoms with E-state index >= 15 is 0 Å². The molecule has 0 saturated heterocycles. The number of amides is 1. The van der Waals surface area contributed by atoms with Gasteiger partial charge >= 0.3 is 0 Å². The van der Waals surface area contributed by atoms with Gasteiger partial charge in [-0.3, -0.25) is 4.79 Å². The maximum atomic E-state index is 13.1. The van der Waals surface area contributed by atoms with Crippen LogP contribution in [0.4, 0.5) is 4.39 Å². The molecule has 0 aliphatic carbocycles. The summed E-state index contributed by atoms with van der Waals surface area (Å²) in [6.07, 6.45) is 0.185. The Morgan fingerprint density at radius 3 is 2.71 bits per heavy atom. The molecule has 1 atom stereocenters. The lowest BCUT2D eigenvalue weighted by Gasteiger charge is -2.12. The van der Waals surface area contributed by atoms with Crippen molar-refractivity contribution in [3.05, 3.63) is 35.6 Å². The molecule has 1 rings (SSSR count). The summed E-state index contributed by atoms with van der Waals surface area (Å²) in [5, 5.41) is 2.56. The maximum Gasteiger partial charge on any atom is 0.220 e. The molecule has 2 N–H and O–H groups in total. The van der Waals surface area contributed by atoms with Gasteiger partial charge in [-0.1, -0.05) is 26.0 Å². The summed E-state index contributed by atoms with van der Waals surface area (Å²) < 4.78 is 38.2. The molecule has 0 saturated carbocycles. The lowest BCUT2D eigenvalue weighted by molar-refractivity contribution is -0.121. The normalized spacial score (nSPS) is 12.9. The van der Waals surface area contributed by atoms with Crippen LogP contribution in [-0.2, 0) is 14.8 Å². The number of nitrogens with one attached hydrogen (secondary N) is 2. The molecule has 118 valence electrons. The zero-order valence-electron chi connectivity index (χ0n) is 12.2. The molecule has 0 fully saturated rings. The second kappa shape index (κ2) is 8.09. The Hall–Kier alpha value is -1.47. The topological polar surface area (TPSA) is 75.3 Å². The van der Waals surface area contributed by atoms with Gasteiger partial charge in [-0.2, -0.15) is 0 Å². The zero-order chi connectivity index (χ0) is 15.9. The van der Waals surface area contributed by atoms with Crippen molar-refractivity contribution >= 4 is 15.9 Å². The number of rotatable bonds is 8. The van der Waals surface area contributed by atoms with Crippen LogP contribution in [0.1, 0.15) is 31.7 Å².